The Kier molecular flexibility index (Phi) is 9.49. The van der Waals surface area contributed by atoms with Gasteiger partial charge in [-0.3, -0.25) is 4.55 Å². The van der Waals surface area contributed by atoms with Gasteiger partial charge >= 0.3 is 5.89 Å². The second kappa shape index (κ2) is 13.2. The van der Waals surface area contributed by atoms with Crippen LogP contribution in [0.4, 0.5) is 5.69 Å². The van der Waals surface area contributed by atoms with Crippen LogP contribution in [-0.2, 0) is 26.8 Å². The van der Waals surface area contributed by atoms with Gasteiger partial charge in [-0.15, -0.1) is 0 Å². The second-order valence-electron chi connectivity index (χ2n) is 11.2. The van der Waals surface area contributed by atoms with Crippen molar-refractivity contribution in [2.24, 2.45) is 0 Å². The largest absolute Gasteiger partial charge is 0.748 e. The van der Waals surface area contributed by atoms with E-state index in [1.807, 2.05) is 102 Å². The monoisotopic (exact) mass is 652 g/mol. The zero-order valence-corrected chi connectivity index (χ0v) is 27.0. The van der Waals surface area contributed by atoms with E-state index in [4.69, 9.17) is 9.15 Å². The van der Waals surface area contributed by atoms with Crippen LogP contribution in [0.1, 0.15) is 44.6 Å². The summed E-state index contributed by atoms with van der Waals surface area (Å²) < 4.78 is 81.5. The number of ether oxygens (including phenoxy) is 1. The van der Waals surface area contributed by atoms with Gasteiger partial charge < -0.3 is 18.6 Å². The standard InChI is InChI=1S/C33H36N2O8S2/c1-4-25(20-32-34(16-8-18-44(36,37)38)28-19-23(2)11-13-30(28)42-32)21-33-35(17-15-24(3)45(39,40)41)29-22-27(12-14-31(29)43-33)26-9-6-5-7-10-26/h5-7,9-14,19-22,24H,4,8,15-18H2,1-3H3,(H-,36,37,38,39,40,41). The summed E-state index contributed by atoms with van der Waals surface area (Å²) in [5.74, 6) is 1.11. The lowest BCUT2D eigenvalue weighted by molar-refractivity contribution is -0.678. The fourth-order valence-electron chi connectivity index (χ4n) is 5.22. The molecule has 1 aliphatic heterocycles. The summed E-state index contributed by atoms with van der Waals surface area (Å²) in [5.41, 5.74) is 5.99. The SMILES string of the molecule is CCC(=Cc1oc2ccc(-c3ccccc3)cc2[n+]1CCC(C)S(=O)(=O)O)C=C1Oc2ccc(C)cc2N1CCCS(=O)(=O)[O-]. The maximum atomic E-state index is 11.8. The molecule has 5 rings (SSSR count). The van der Waals surface area contributed by atoms with Crippen molar-refractivity contribution in [1.29, 1.82) is 0 Å². The number of hydrogen-bond acceptors (Lipinski definition) is 8. The first-order chi connectivity index (χ1) is 21.3. The average Bonchev–Trinajstić information content (AvgIpc) is 3.50. The van der Waals surface area contributed by atoms with Crippen molar-refractivity contribution in [2.75, 3.05) is 17.2 Å². The molecule has 1 unspecified atom stereocenters. The van der Waals surface area contributed by atoms with Gasteiger partial charge in [0, 0.05) is 30.9 Å². The topological polar surface area (TPSA) is 141 Å². The third-order valence-corrected chi connectivity index (χ3v) is 9.83. The minimum atomic E-state index is -4.36. The van der Waals surface area contributed by atoms with Crippen LogP contribution in [0.3, 0.4) is 0 Å². The minimum absolute atomic E-state index is 0.129. The molecule has 0 saturated heterocycles. The fraction of sp³-hybridized carbons (Fsp3) is 0.303. The van der Waals surface area contributed by atoms with Gasteiger partial charge in [-0.05, 0) is 67.2 Å². The number of rotatable bonds is 12. The number of allylic oxidation sites excluding steroid dienone is 2. The molecule has 238 valence electrons. The number of hydrogen-bond donors (Lipinski definition) is 1. The van der Waals surface area contributed by atoms with Gasteiger partial charge in [0.15, 0.2) is 12.3 Å². The van der Waals surface area contributed by atoms with Crippen molar-refractivity contribution in [1.82, 2.24) is 0 Å². The Morgan fingerprint density at radius 2 is 1.80 bits per heavy atom. The fourth-order valence-corrected chi connectivity index (χ4v) is 6.11. The van der Waals surface area contributed by atoms with E-state index in [0.717, 1.165) is 33.5 Å². The van der Waals surface area contributed by atoms with Crippen LogP contribution in [0.25, 0.3) is 28.3 Å². The Balaban J connectivity index is 1.55. The predicted octanol–water partition coefficient (Wildman–Crippen LogP) is 5.83. The number of anilines is 1. The molecule has 0 saturated carbocycles. The van der Waals surface area contributed by atoms with Crippen molar-refractivity contribution in [3.8, 4) is 16.9 Å². The van der Waals surface area contributed by atoms with Crippen LogP contribution >= 0.6 is 0 Å². The average molecular weight is 653 g/mol. The highest BCUT2D eigenvalue weighted by molar-refractivity contribution is 7.86. The van der Waals surface area contributed by atoms with E-state index in [1.165, 1.54) is 6.92 Å². The van der Waals surface area contributed by atoms with Crippen LogP contribution in [0.2, 0.25) is 0 Å². The first kappa shape index (κ1) is 32.4. The number of aryl methyl sites for hydroxylation is 2. The van der Waals surface area contributed by atoms with Crippen molar-refractivity contribution in [3.05, 3.63) is 95.7 Å². The molecule has 1 N–H and O–H groups in total. The number of oxazole rings is 1. The van der Waals surface area contributed by atoms with Crippen molar-refractivity contribution in [3.63, 3.8) is 0 Å². The van der Waals surface area contributed by atoms with E-state index in [2.05, 4.69) is 0 Å². The summed E-state index contributed by atoms with van der Waals surface area (Å²) in [6.45, 7) is 5.93. The molecule has 1 aromatic heterocycles. The van der Waals surface area contributed by atoms with Gasteiger partial charge in [0.05, 0.1) is 27.1 Å². The first-order valence-electron chi connectivity index (χ1n) is 14.7. The Bertz CT molecular complexity index is 1980. The maximum Gasteiger partial charge on any atom is 0.374 e. The predicted molar refractivity (Wildman–Crippen MR) is 172 cm³/mol. The van der Waals surface area contributed by atoms with Gasteiger partial charge in [0.25, 0.3) is 15.6 Å². The highest BCUT2D eigenvalue weighted by Crippen LogP contribution is 2.40. The summed E-state index contributed by atoms with van der Waals surface area (Å²) in [4.78, 5) is 1.86. The molecule has 0 fully saturated rings. The van der Waals surface area contributed by atoms with Gasteiger partial charge in [0.2, 0.25) is 11.5 Å². The van der Waals surface area contributed by atoms with Crippen molar-refractivity contribution >= 4 is 43.1 Å². The van der Waals surface area contributed by atoms with E-state index < -0.39 is 31.2 Å². The van der Waals surface area contributed by atoms with Crippen molar-refractivity contribution in [2.45, 2.75) is 51.8 Å². The van der Waals surface area contributed by atoms with E-state index in [9.17, 15) is 25.9 Å². The maximum absolute atomic E-state index is 11.8. The number of nitrogens with zero attached hydrogens (tertiary/aromatic N) is 2. The molecule has 45 heavy (non-hydrogen) atoms. The normalized spacial score (nSPS) is 15.4. The number of aromatic nitrogens is 1. The molecular weight excluding hydrogens is 617 g/mol. The Morgan fingerprint density at radius 3 is 2.49 bits per heavy atom. The third-order valence-electron chi connectivity index (χ3n) is 7.79. The van der Waals surface area contributed by atoms with Gasteiger partial charge in [-0.2, -0.15) is 13.0 Å². The lowest BCUT2D eigenvalue weighted by atomic mass is 10.1. The van der Waals surface area contributed by atoms with Gasteiger partial charge in [-0.25, -0.2) is 8.42 Å². The molecule has 0 bridgehead atoms. The Hall–Kier alpha value is -3.97. The zero-order valence-electron chi connectivity index (χ0n) is 25.3. The molecule has 1 atom stereocenters. The number of fused-ring (bicyclic) bond motifs is 2. The lowest BCUT2D eigenvalue weighted by Crippen LogP contribution is -2.37. The summed E-state index contributed by atoms with van der Waals surface area (Å²) in [6, 6.07) is 21.4. The highest BCUT2D eigenvalue weighted by Gasteiger charge is 2.28. The smallest absolute Gasteiger partial charge is 0.374 e. The van der Waals surface area contributed by atoms with E-state index in [1.54, 1.807) is 0 Å². The lowest BCUT2D eigenvalue weighted by Gasteiger charge is -2.19. The van der Waals surface area contributed by atoms with Crippen LogP contribution in [-0.4, -0.2) is 43.5 Å². The molecule has 2 heterocycles. The minimum Gasteiger partial charge on any atom is -0.748 e. The Labute approximate surface area is 263 Å². The number of benzene rings is 3. The van der Waals surface area contributed by atoms with Crippen LogP contribution in [0.15, 0.2) is 88.7 Å². The molecule has 0 spiro atoms. The summed E-state index contributed by atoms with van der Waals surface area (Å²) in [5, 5.41) is -0.975. The van der Waals surface area contributed by atoms with E-state index in [0.29, 0.717) is 29.5 Å². The second-order valence-corrected chi connectivity index (χ2v) is 14.5. The molecule has 12 heteroatoms. The molecule has 1 aliphatic rings. The summed E-state index contributed by atoms with van der Waals surface area (Å²) in [7, 11) is -8.58. The van der Waals surface area contributed by atoms with Crippen LogP contribution in [0, 0.1) is 6.92 Å². The molecule has 0 radical (unpaired) electrons. The van der Waals surface area contributed by atoms with E-state index in [-0.39, 0.29) is 25.9 Å². The summed E-state index contributed by atoms with van der Waals surface area (Å²) >= 11 is 0. The van der Waals surface area contributed by atoms with Crippen molar-refractivity contribution < 1.29 is 39.7 Å². The van der Waals surface area contributed by atoms with Gasteiger partial charge in [-0.1, -0.05) is 49.4 Å². The third kappa shape index (κ3) is 7.82. The molecule has 4 aromatic rings. The van der Waals surface area contributed by atoms with Crippen LogP contribution < -0.4 is 14.2 Å². The quantitative estimate of drug-likeness (QED) is 0.148. The molecular formula is C33H36N2O8S2. The zero-order chi connectivity index (χ0) is 32.4. The summed E-state index contributed by atoms with van der Waals surface area (Å²) in [6.07, 6.45) is 4.59. The molecule has 0 aliphatic carbocycles. The first-order valence-corrected chi connectivity index (χ1v) is 17.8. The molecule has 3 aromatic carbocycles. The Morgan fingerprint density at radius 1 is 1.04 bits per heavy atom. The van der Waals surface area contributed by atoms with Gasteiger partial charge in [0.1, 0.15) is 0 Å². The molecule has 0 amide bonds. The highest BCUT2D eigenvalue weighted by atomic mass is 32.2. The van der Waals surface area contributed by atoms with Crippen LogP contribution in [0.5, 0.6) is 5.75 Å². The molecule has 10 nitrogen and oxygen atoms in total. The van der Waals surface area contributed by atoms with E-state index >= 15 is 0 Å².